The maximum atomic E-state index is 9.70. The number of rotatable bonds is 5. The molecule has 3 nitrogen and oxygen atoms in total. The third-order valence-electron chi connectivity index (χ3n) is 4.12. The summed E-state index contributed by atoms with van der Waals surface area (Å²) < 4.78 is 0.934. The van der Waals surface area contributed by atoms with Gasteiger partial charge in [0.15, 0.2) is 0 Å². The largest absolute Gasteiger partial charge is 0.395 e. The second kappa shape index (κ2) is 7.43. The van der Waals surface area contributed by atoms with E-state index in [1.54, 1.807) is 6.92 Å². The van der Waals surface area contributed by atoms with Crippen LogP contribution in [0.15, 0.2) is 22.7 Å². The zero-order valence-electron chi connectivity index (χ0n) is 12.1. The molecule has 1 aromatic carbocycles. The summed E-state index contributed by atoms with van der Waals surface area (Å²) in [6.07, 6.45) is 5.82. The molecule has 1 aliphatic rings. The van der Waals surface area contributed by atoms with Crippen molar-refractivity contribution in [3.63, 3.8) is 0 Å². The molecular formula is C16H24BrNO2. The van der Waals surface area contributed by atoms with Crippen LogP contribution in [0.4, 0.5) is 5.69 Å². The summed E-state index contributed by atoms with van der Waals surface area (Å²) in [4.78, 5) is 2.32. The van der Waals surface area contributed by atoms with Gasteiger partial charge in [0.2, 0.25) is 0 Å². The van der Waals surface area contributed by atoms with Crippen LogP contribution in [0.3, 0.4) is 0 Å². The maximum Gasteiger partial charge on any atom is 0.0772 e. The molecule has 0 aromatic heterocycles. The Kier molecular flexibility index (Phi) is 5.87. The number of anilines is 1. The molecule has 0 bridgehead atoms. The second-order valence-electron chi connectivity index (χ2n) is 5.59. The van der Waals surface area contributed by atoms with Crippen molar-refractivity contribution in [2.24, 2.45) is 0 Å². The van der Waals surface area contributed by atoms with Crippen LogP contribution in [0.2, 0.25) is 0 Å². The van der Waals surface area contributed by atoms with Crippen LogP contribution < -0.4 is 4.90 Å². The third-order valence-corrected chi connectivity index (χ3v) is 4.81. The smallest absolute Gasteiger partial charge is 0.0772 e. The van der Waals surface area contributed by atoms with E-state index < -0.39 is 6.10 Å². The highest BCUT2D eigenvalue weighted by Gasteiger charge is 2.21. The number of hydrogen-bond acceptors (Lipinski definition) is 3. The average molecular weight is 342 g/mol. The summed E-state index contributed by atoms with van der Waals surface area (Å²) in [7, 11) is 0. The minimum absolute atomic E-state index is 0.173. The van der Waals surface area contributed by atoms with Gasteiger partial charge < -0.3 is 15.1 Å². The van der Waals surface area contributed by atoms with Crippen LogP contribution in [0.5, 0.6) is 0 Å². The van der Waals surface area contributed by atoms with Crippen molar-refractivity contribution in [1.29, 1.82) is 0 Å². The number of aliphatic hydroxyl groups is 2. The van der Waals surface area contributed by atoms with E-state index in [9.17, 15) is 10.2 Å². The standard InChI is InChI=1S/C16H24BrNO2/c1-12(20)15-8-7-14(11-16(15)17)18(9-10-19)13-5-3-2-4-6-13/h7-8,11-13,19-20H,2-6,9-10H2,1H3/t12-/m0/s1. The van der Waals surface area contributed by atoms with Gasteiger partial charge in [0, 0.05) is 22.7 Å². The second-order valence-corrected chi connectivity index (χ2v) is 6.44. The number of hydrogen-bond donors (Lipinski definition) is 2. The molecule has 1 aliphatic carbocycles. The van der Waals surface area contributed by atoms with Gasteiger partial charge in [0.05, 0.1) is 12.7 Å². The Bertz CT molecular complexity index is 430. The van der Waals surface area contributed by atoms with Crippen molar-refractivity contribution in [2.45, 2.75) is 51.2 Å². The van der Waals surface area contributed by atoms with E-state index in [2.05, 4.69) is 33.0 Å². The van der Waals surface area contributed by atoms with Crippen LogP contribution in [-0.2, 0) is 0 Å². The van der Waals surface area contributed by atoms with Gasteiger partial charge in [-0.15, -0.1) is 0 Å². The Labute approximate surface area is 129 Å². The van der Waals surface area contributed by atoms with Crippen molar-refractivity contribution in [1.82, 2.24) is 0 Å². The summed E-state index contributed by atoms with van der Waals surface area (Å²) in [6.45, 7) is 2.61. The van der Waals surface area contributed by atoms with E-state index >= 15 is 0 Å². The third kappa shape index (κ3) is 3.74. The van der Waals surface area contributed by atoms with E-state index in [0.29, 0.717) is 12.6 Å². The lowest BCUT2D eigenvalue weighted by Crippen LogP contribution is -2.38. The van der Waals surface area contributed by atoms with Crippen molar-refractivity contribution in [3.05, 3.63) is 28.2 Å². The van der Waals surface area contributed by atoms with Crippen molar-refractivity contribution >= 4 is 21.6 Å². The predicted octanol–water partition coefficient (Wildman–Crippen LogP) is 3.63. The molecule has 0 saturated heterocycles. The molecule has 0 amide bonds. The zero-order chi connectivity index (χ0) is 14.5. The first-order valence-corrected chi connectivity index (χ1v) is 8.27. The molecule has 2 rings (SSSR count). The van der Waals surface area contributed by atoms with E-state index in [1.807, 2.05) is 6.07 Å². The molecular weight excluding hydrogens is 318 g/mol. The molecule has 1 saturated carbocycles. The normalized spacial score (nSPS) is 18.0. The predicted molar refractivity (Wildman–Crippen MR) is 86.1 cm³/mol. The Morgan fingerprint density at radius 3 is 2.55 bits per heavy atom. The highest BCUT2D eigenvalue weighted by molar-refractivity contribution is 9.10. The van der Waals surface area contributed by atoms with Gasteiger partial charge in [0.25, 0.3) is 0 Å². The van der Waals surface area contributed by atoms with Crippen molar-refractivity contribution in [2.75, 3.05) is 18.1 Å². The van der Waals surface area contributed by atoms with Gasteiger partial charge >= 0.3 is 0 Å². The molecule has 0 heterocycles. The molecule has 0 radical (unpaired) electrons. The Hall–Kier alpha value is -0.580. The lowest BCUT2D eigenvalue weighted by molar-refractivity contribution is 0.198. The molecule has 1 atom stereocenters. The number of halogens is 1. The van der Waals surface area contributed by atoms with E-state index in [0.717, 1.165) is 15.7 Å². The summed E-state index contributed by atoms with van der Waals surface area (Å²) >= 11 is 3.54. The summed E-state index contributed by atoms with van der Waals surface area (Å²) in [5, 5.41) is 19.0. The van der Waals surface area contributed by atoms with Gasteiger partial charge in [-0.2, -0.15) is 0 Å². The highest BCUT2D eigenvalue weighted by Crippen LogP contribution is 2.32. The first kappa shape index (κ1) is 15.8. The molecule has 0 unspecified atom stereocenters. The van der Waals surface area contributed by atoms with Crippen LogP contribution in [0, 0.1) is 0 Å². The van der Waals surface area contributed by atoms with Crippen molar-refractivity contribution < 1.29 is 10.2 Å². The molecule has 20 heavy (non-hydrogen) atoms. The molecule has 0 spiro atoms. The van der Waals surface area contributed by atoms with Gasteiger partial charge in [0.1, 0.15) is 0 Å². The maximum absolute atomic E-state index is 9.70. The molecule has 1 fully saturated rings. The number of benzene rings is 1. The first-order chi connectivity index (χ1) is 9.63. The highest BCUT2D eigenvalue weighted by atomic mass is 79.9. The fourth-order valence-corrected chi connectivity index (χ4v) is 3.75. The monoisotopic (exact) mass is 341 g/mol. The van der Waals surface area contributed by atoms with Gasteiger partial charge in [-0.05, 0) is 37.5 Å². The van der Waals surface area contributed by atoms with Gasteiger partial charge in [-0.25, -0.2) is 0 Å². The van der Waals surface area contributed by atoms with Crippen LogP contribution in [0.1, 0.15) is 50.7 Å². The molecule has 4 heteroatoms. The average Bonchev–Trinajstić information content (AvgIpc) is 2.45. The van der Waals surface area contributed by atoms with Crippen LogP contribution >= 0.6 is 15.9 Å². The Morgan fingerprint density at radius 1 is 1.30 bits per heavy atom. The topological polar surface area (TPSA) is 43.7 Å². The van der Waals surface area contributed by atoms with E-state index in [4.69, 9.17) is 0 Å². The van der Waals surface area contributed by atoms with Crippen LogP contribution in [0.25, 0.3) is 0 Å². The van der Waals surface area contributed by atoms with Gasteiger partial charge in [-0.3, -0.25) is 0 Å². The molecule has 2 N–H and O–H groups in total. The SMILES string of the molecule is C[C@H](O)c1ccc(N(CCO)C2CCCCC2)cc1Br. The Morgan fingerprint density at radius 2 is 2.00 bits per heavy atom. The fraction of sp³-hybridized carbons (Fsp3) is 0.625. The van der Waals surface area contributed by atoms with E-state index in [1.165, 1.54) is 32.1 Å². The number of aliphatic hydroxyl groups excluding tert-OH is 2. The van der Waals surface area contributed by atoms with Crippen molar-refractivity contribution in [3.8, 4) is 0 Å². The summed E-state index contributed by atoms with van der Waals surface area (Å²) in [6, 6.07) is 6.61. The Balaban J connectivity index is 2.22. The molecule has 1 aromatic rings. The minimum atomic E-state index is -0.473. The van der Waals surface area contributed by atoms with Gasteiger partial charge in [-0.1, -0.05) is 41.3 Å². The molecule has 112 valence electrons. The first-order valence-electron chi connectivity index (χ1n) is 7.48. The number of nitrogens with zero attached hydrogens (tertiary/aromatic N) is 1. The quantitative estimate of drug-likeness (QED) is 0.859. The summed E-state index contributed by atoms with van der Waals surface area (Å²) in [5.41, 5.74) is 2.03. The zero-order valence-corrected chi connectivity index (χ0v) is 13.6. The lowest BCUT2D eigenvalue weighted by Gasteiger charge is -2.36. The minimum Gasteiger partial charge on any atom is -0.395 e. The van der Waals surface area contributed by atoms with E-state index in [-0.39, 0.29) is 6.61 Å². The van der Waals surface area contributed by atoms with Crippen LogP contribution in [-0.4, -0.2) is 29.4 Å². The molecule has 0 aliphatic heterocycles. The fourth-order valence-electron chi connectivity index (χ4n) is 3.06. The lowest BCUT2D eigenvalue weighted by atomic mass is 9.93. The summed E-state index contributed by atoms with van der Waals surface area (Å²) in [5.74, 6) is 0.